The number of thiophene rings is 1. The van der Waals surface area contributed by atoms with Gasteiger partial charge in [0.15, 0.2) is 6.61 Å². The van der Waals surface area contributed by atoms with Crippen molar-refractivity contribution in [1.82, 2.24) is 5.32 Å². The highest BCUT2D eigenvalue weighted by Crippen LogP contribution is 2.15. The van der Waals surface area contributed by atoms with Crippen molar-refractivity contribution >= 4 is 35.0 Å². The number of esters is 1. The molecule has 1 aromatic carbocycles. The Labute approximate surface area is 131 Å². The van der Waals surface area contributed by atoms with E-state index in [2.05, 4.69) is 5.32 Å². The van der Waals surface area contributed by atoms with Crippen LogP contribution in [0.4, 0.5) is 0 Å². The molecule has 1 aromatic heterocycles. The molecule has 0 saturated carbocycles. The number of ether oxygens (including phenoxy) is 1. The molecule has 0 spiro atoms. The first-order valence-electron chi connectivity index (χ1n) is 6.39. The number of amides is 1. The minimum Gasteiger partial charge on any atom is -0.452 e. The summed E-state index contributed by atoms with van der Waals surface area (Å²) in [5.74, 6) is 0.0196. The molecule has 6 heteroatoms. The Morgan fingerprint density at radius 3 is 2.71 bits per heavy atom. The van der Waals surface area contributed by atoms with Gasteiger partial charge in [-0.05, 0) is 23.6 Å². The van der Waals surface area contributed by atoms with Crippen LogP contribution in [-0.2, 0) is 9.53 Å². The van der Waals surface area contributed by atoms with E-state index in [0.717, 1.165) is 10.6 Å². The second kappa shape index (κ2) is 8.49. The molecule has 0 bridgehead atoms. The highest BCUT2D eigenvalue weighted by atomic mass is 32.2. The van der Waals surface area contributed by atoms with Crippen LogP contribution in [-0.4, -0.2) is 30.8 Å². The summed E-state index contributed by atoms with van der Waals surface area (Å²) in [6.07, 6.45) is 0. The first-order chi connectivity index (χ1) is 10.3. The second-order valence-corrected chi connectivity index (χ2v) is 6.05. The van der Waals surface area contributed by atoms with Crippen LogP contribution in [0.1, 0.15) is 10.4 Å². The molecule has 1 amide bonds. The lowest BCUT2D eigenvalue weighted by molar-refractivity contribution is -0.124. The molecule has 110 valence electrons. The predicted octanol–water partition coefficient (Wildman–Crippen LogP) is 2.81. The van der Waals surface area contributed by atoms with E-state index in [1.807, 2.05) is 30.3 Å². The Morgan fingerprint density at radius 2 is 2.00 bits per heavy atom. The van der Waals surface area contributed by atoms with Crippen LogP contribution >= 0.6 is 23.1 Å². The fraction of sp³-hybridized carbons (Fsp3) is 0.200. The molecule has 0 aliphatic rings. The zero-order chi connectivity index (χ0) is 14.9. The molecule has 1 N–H and O–H groups in total. The van der Waals surface area contributed by atoms with Crippen LogP contribution in [0.25, 0.3) is 0 Å². The largest absolute Gasteiger partial charge is 0.452 e. The minimum absolute atomic E-state index is 0.245. The third-order valence-corrected chi connectivity index (χ3v) is 4.22. The zero-order valence-electron chi connectivity index (χ0n) is 11.3. The highest BCUT2D eigenvalue weighted by molar-refractivity contribution is 7.99. The van der Waals surface area contributed by atoms with Gasteiger partial charge in [-0.3, -0.25) is 4.79 Å². The minimum atomic E-state index is -0.468. The van der Waals surface area contributed by atoms with E-state index in [9.17, 15) is 9.59 Å². The van der Waals surface area contributed by atoms with Crippen LogP contribution in [0.2, 0.25) is 0 Å². The van der Waals surface area contributed by atoms with Gasteiger partial charge in [-0.25, -0.2) is 4.79 Å². The van der Waals surface area contributed by atoms with Gasteiger partial charge in [0.1, 0.15) is 0 Å². The van der Waals surface area contributed by atoms with E-state index in [1.165, 1.54) is 11.3 Å². The third-order valence-electron chi connectivity index (χ3n) is 2.53. The SMILES string of the molecule is O=C(COC(=O)c1ccsc1)NCCSc1ccccc1. The van der Waals surface area contributed by atoms with E-state index in [4.69, 9.17) is 4.74 Å². The standard InChI is InChI=1S/C15H15NO3S2/c17-14(10-19-15(18)12-6-8-20-11-12)16-7-9-21-13-4-2-1-3-5-13/h1-6,8,11H,7,9-10H2,(H,16,17). The summed E-state index contributed by atoms with van der Waals surface area (Å²) in [6.45, 7) is 0.291. The molecule has 0 atom stereocenters. The summed E-state index contributed by atoms with van der Waals surface area (Å²) in [4.78, 5) is 24.2. The van der Waals surface area contributed by atoms with Gasteiger partial charge in [-0.1, -0.05) is 18.2 Å². The molecule has 2 aromatic rings. The molecule has 0 aliphatic carbocycles. The van der Waals surface area contributed by atoms with Crippen molar-refractivity contribution in [2.75, 3.05) is 18.9 Å². The highest BCUT2D eigenvalue weighted by Gasteiger charge is 2.09. The van der Waals surface area contributed by atoms with Crippen LogP contribution in [0.5, 0.6) is 0 Å². The molecule has 2 rings (SSSR count). The summed E-state index contributed by atoms with van der Waals surface area (Å²) in [5, 5.41) is 6.20. The molecule has 0 saturated heterocycles. The van der Waals surface area contributed by atoms with Crippen LogP contribution < -0.4 is 5.32 Å². The molecule has 0 radical (unpaired) electrons. The van der Waals surface area contributed by atoms with Crippen molar-refractivity contribution in [2.45, 2.75) is 4.90 Å². The average molecular weight is 321 g/mol. The summed E-state index contributed by atoms with van der Waals surface area (Å²) in [7, 11) is 0. The Morgan fingerprint density at radius 1 is 1.19 bits per heavy atom. The van der Waals surface area contributed by atoms with Gasteiger partial charge in [0.2, 0.25) is 0 Å². The molecule has 0 unspecified atom stereocenters. The van der Waals surface area contributed by atoms with Gasteiger partial charge in [0.05, 0.1) is 5.56 Å². The van der Waals surface area contributed by atoms with E-state index >= 15 is 0 Å². The molecule has 4 nitrogen and oxygen atoms in total. The van der Waals surface area contributed by atoms with Crippen molar-refractivity contribution < 1.29 is 14.3 Å². The maximum absolute atomic E-state index is 11.5. The summed E-state index contributed by atoms with van der Waals surface area (Å²) < 4.78 is 4.91. The first-order valence-corrected chi connectivity index (χ1v) is 8.32. The van der Waals surface area contributed by atoms with Gasteiger partial charge < -0.3 is 10.1 Å². The van der Waals surface area contributed by atoms with E-state index < -0.39 is 5.97 Å². The summed E-state index contributed by atoms with van der Waals surface area (Å²) >= 11 is 3.08. The van der Waals surface area contributed by atoms with E-state index in [0.29, 0.717) is 12.1 Å². The fourth-order valence-corrected chi connectivity index (χ4v) is 2.94. The average Bonchev–Trinajstić information content (AvgIpc) is 3.05. The topological polar surface area (TPSA) is 55.4 Å². The second-order valence-electron chi connectivity index (χ2n) is 4.10. The number of rotatable bonds is 7. The number of carbonyl (C=O) groups excluding carboxylic acids is 2. The van der Waals surface area contributed by atoms with Crippen LogP contribution in [0, 0.1) is 0 Å². The molecule has 0 fully saturated rings. The van der Waals surface area contributed by atoms with Gasteiger partial charge in [-0.15, -0.1) is 11.8 Å². The molecule has 21 heavy (non-hydrogen) atoms. The number of nitrogens with one attached hydrogen (secondary N) is 1. The Hall–Kier alpha value is -1.79. The molecule has 0 aliphatic heterocycles. The Bertz CT molecular complexity index is 570. The Balaban J connectivity index is 1.59. The van der Waals surface area contributed by atoms with Crippen LogP contribution in [0.15, 0.2) is 52.1 Å². The van der Waals surface area contributed by atoms with Crippen molar-refractivity contribution in [3.05, 3.63) is 52.7 Å². The van der Waals surface area contributed by atoms with Crippen molar-refractivity contribution in [2.24, 2.45) is 0 Å². The van der Waals surface area contributed by atoms with Gasteiger partial charge in [-0.2, -0.15) is 11.3 Å². The normalized spacial score (nSPS) is 10.1. The smallest absolute Gasteiger partial charge is 0.339 e. The van der Waals surface area contributed by atoms with Crippen molar-refractivity contribution in [3.8, 4) is 0 Å². The molecular formula is C15H15NO3S2. The van der Waals surface area contributed by atoms with Crippen molar-refractivity contribution in [1.29, 1.82) is 0 Å². The lowest BCUT2D eigenvalue weighted by atomic mass is 10.3. The summed E-state index contributed by atoms with van der Waals surface area (Å²) in [6, 6.07) is 11.6. The Kier molecular flexibility index (Phi) is 6.30. The molecular weight excluding hydrogens is 306 g/mol. The predicted molar refractivity (Wildman–Crippen MR) is 84.8 cm³/mol. The maximum Gasteiger partial charge on any atom is 0.339 e. The lowest BCUT2D eigenvalue weighted by Gasteiger charge is -2.06. The monoisotopic (exact) mass is 321 g/mol. The fourth-order valence-electron chi connectivity index (χ4n) is 1.52. The van der Waals surface area contributed by atoms with Gasteiger partial charge in [0, 0.05) is 22.6 Å². The first kappa shape index (κ1) is 15.6. The van der Waals surface area contributed by atoms with Crippen molar-refractivity contribution in [3.63, 3.8) is 0 Å². The third kappa shape index (κ3) is 5.61. The quantitative estimate of drug-likeness (QED) is 0.484. The zero-order valence-corrected chi connectivity index (χ0v) is 12.9. The number of thioether (sulfide) groups is 1. The van der Waals surface area contributed by atoms with Gasteiger partial charge in [0.25, 0.3) is 5.91 Å². The number of carbonyl (C=O) groups is 2. The molecule has 1 heterocycles. The van der Waals surface area contributed by atoms with Crippen LogP contribution in [0.3, 0.4) is 0 Å². The number of benzene rings is 1. The maximum atomic E-state index is 11.5. The van der Waals surface area contributed by atoms with E-state index in [1.54, 1.807) is 28.6 Å². The number of hydrogen-bond donors (Lipinski definition) is 1. The van der Waals surface area contributed by atoms with E-state index in [-0.39, 0.29) is 12.5 Å². The lowest BCUT2D eigenvalue weighted by Crippen LogP contribution is -2.30. The summed E-state index contributed by atoms with van der Waals surface area (Å²) in [5.41, 5.74) is 0.479. The number of hydrogen-bond acceptors (Lipinski definition) is 5. The van der Waals surface area contributed by atoms with Gasteiger partial charge >= 0.3 is 5.97 Å².